The number of oxazole rings is 1. The van der Waals surface area contributed by atoms with E-state index in [2.05, 4.69) is 4.98 Å². The first-order valence-corrected chi connectivity index (χ1v) is 5.17. The second-order valence-corrected chi connectivity index (χ2v) is 4.13. The minimum absolute atomic E-state index is 0.0170. The number of aryl methyl sites for hydroxylation is 1. The van der Waals surface area contributed by atoms with Crippen molar-refractivity contribution in [1.82, 2.24) is 4.98 Å². The summed E-state index contributed by atoms with van der Waals surface area (Å²) >= 11 is 0.558. The number of hydrogen-bond acceptors (Lipinski definition) is 4. The molecule has 1 unspecified atom stereocenters. The molecule has 0 aliphatic heterocycles. The van der Waals surface area contributed by atoms with Crippen molar-refractivity contribution in [3.05, 3.63) is 12.0 Å². The predicted octanol–water partition coefficient (Wildman–Crippen LogP) is 2.35. The maximum Gasteiger partial charge on any atom is 0.401 e. The van der Waals surface area contributed by atoms with E-state index in [-0.39, 0.29) is 18.2 Å². The van der Waals surface area contributed by atoms with Crippen LogP contribution in [0.5, 0.6) is 0 Å². The number of hydrogen-bond donors (Lipinski definition) is 1. The highest BCUT2D eigenvalue weighted by atomic mass is 32.2. The first-order chi connectivity index (χ1) is 6.93. The summed E-state index contributed by atoms with van der Waals surface area (Å²) in [5.41, 5.74) is 5.68. The number of rotatable bonds is 4. The van der Waals surface area contributed by atoms with Gasteiger partial charge in [0, 0.05) is 0 Å². The maximum atomic E-state index is 12.5. The van der Waals surface area contributed by atoms with E-state index in [0.29, 0.717) is 17.5 Å². The quantitative estimate of drug-likeness (QED) is 0.821. The molecule has 0 spiro atoms. The summed E-state index contributed by atoms with van der Waals surface area (Å²) in [6.07, 6.45) is -3.11. The van der Waals surface area contributed by atoms with Crippen molar-refractivity contribution in [2.45, 2.75) is 30.0 Å². The standard InChI is InChI=1S/C8H11F3N2OS/c1-5-4-14-7(13-5)15-6(2-3-12)8(9,10)11/h4,6H,2-3,12H2,1H3. The Balaban J connectivity index is 2.66. The molecule has 3 nitrogen and oxygen atoms in total. The van der Waals surface area contributed by atoms with Crippen LogP contribution in [0.4, 0.5) is 13.2 Å². The van der Waals surface area contributed by atoms with E-state index >= 15 is 0 Å². The van der Waals surface area contributed by atoms with Crippen molar-refractivity contribution in [1.29, 1.82) is 0 Å². The van der Waals surface area contributed by atoms with Crippen LogP contribution in [0, 0.1) is 6.92 Å². The van der Waals surface area contributed by atoms with Gasteiger partial charge in [0.1, 0.15) is 11.5 Å². The van der Waals surface area contributed by atoms with Crippen molar-refractivity contribution < 1.29 is 17.6 Å². The van der Waals surface area contributed by atoms with Crippen LogP contribution in [0.1, 0.15) is 12.1 Å². The zero-order chi connectivity index (χ0) is 11.5. The molecule has 0 amide bonds. The molecular weight excluding hydrogens is 229 g/mol. The van der Waals surface area contributed by atoms with Gasteiger partial charge in [-0.05, 0) is 19.9 Å². The first kappa shape index (κ1) is 12.4. The SMILES string of the molecule is Cc1coc(SC(CCN)C(F)(F)F)n1. The number of halogens is 3. The van der Waals surface area contributed by atoms with E-state index in [1.807, 2.05) is 0 Å². The third kappa shape index (κ3) is 3.75. The van der Waals surface area contributed by atoms with E-state index < -0.39 is 11.4 Å². The van der Waals surface area contributed by atoms with Gasteiger partial charge in [-0.1, -0.05) is 11.8 Å². The highest BCUT2D eigenvalue weighted by Gasteiger charge is 2.40. The van der Waals surface area contributed by atoms with Crippen molar-refractivity contribution in [3.63, 3.8) is 0 Å². The van der Waals surface area contributed by atoms with Gasteiger partial charge in [0.15, 0.2) is 0 Å². The topological polar surface area (TPSA) is 52.0 Å². The van der Waals surface area contributed by atoms with Crippen LogP contribution < -0.4 is 5.73 Å². The van der Waals surface area contributed by atoms with E-state index in [1.54, 1.807) is 6.92 Å². The summed E-state index contributed by atoms with van der Waals surface area (Å²) in [6, 6.07) is 0. The molecular formula is C8H11F3N2OS. The Kier molecular flexibility index (Phi) is 4.04. The Bertz CT molecular complexity index is 313. The molecule has 0 aliphatic carbocycles. The minimum Gasteiger partial charge on any atom is -0.440 e. The predicted molar refractivity (Wildman–Crippen MR) is 50.6 cm³/mol. The van der Waals surface area contributed by atoms with Gasteiger partial charge in [0.05, 0.1) is 5.69 Å². The molecule has 0 aromatic carbocycles. The maximum absolute atomic E-state index is 12.5. The normalized spacial score (nSPS) is 14.2. The number of thioether (sulfide) groups is 1. The first-order valence-electron chi connectivity index (χ1n) is 4.29. The van der Waals surface area contributed by atoms with Crippen LogP contribution in [0.25, 0.3) is 0 Å². The van der Waals surface area contributed by atoms with Gasteiger partial charge in [-0.2, -0.15) is 13.2 Å². The van der Waals surface area contributed by atoms with Gasteiger partial charge in [-0.3, -0.25) is 0 Å². The molecule has 0 bridgehead atoms. The van der Waals surface area contributed by atoms with Crippen LogP contribution in [-0.4, -0.2) is 23.0 Å². The zero-order valence-electron chi connectivity index (χ0n) is 8.04. The van der Waals surface area contributed by atoms with Crippen LogP contribution >= 0.6 is 11.8 Å². The minimum atomic E-state index is -4.29. The Hall–Kier alpha value is -0.690. The summed E-state index contributed by atoms with van der Waals surface area (Å²) < 4.78 is 42.2. The van der Waals surface area contributed by atoms with Crippen LogP contribution in [0.2, 0.25) is 0 Å². The molecule has 2 N–H and O–H groups in total. The second kappa shape index (κ2) is 4.89. The summed E-state index contributed by atoms with van der Waals surface area (Å²) in [5.74, 6) is 0. The molecule has 0 radical (unpaired) electrons. The lowest BCUT2D eigenvalue weighted by molar-refractivity contribution is -0.129. The summed E-state index contributed by atoms with van der Waals surface area (Å²) in [7, 11) is 0. The third-order valence-electron chi connectivity index (χ3n) is 1.63. The smallest absolute Gasteiger partial charge is 0.401 e. The molecule has 1 rings (SSSR count). The summed E-state index contributed by atoms with van der Waals surface area (Å²) in [4.78, 5) is 3.80. The highest BCUT2D eigenvalue weighted by Crippen LogP contribution is 2.36. The second-order valence-electron chi connectivity index (χ2n) is 2.98. The monoisotopic (exact) mass is 240 g/mol. The lowest BCUT2D eigenvalue weighted by Gasteiger charge is -2.16. The Labute approximate surface area is 89.2 Å². The lowest BCUT2D eigenvalue weighted by atomic mass is 10.3. The molecule has 7 heteroatoms. The van der Waals surface area contributed by atoms with E-state index in [1.165, 1.54) is 6.26 Å². The molecule has 1 aromatic rings. The van der Waals surface area contributed by atoms with Crippen molar-refractivity contribution in [3.8, 4) is 0 Å². The Morgan fingerprint density at radius 1 is 1.60 bits per heavy atom. The number of alkyl halides is 3. The molecule has 1 atom stereocenters. The highest BCUT2D eigenvalue weighted by molar-refractivity contribution is 7.99. The molecule has 0 saturated carbocycles. The fourth-order valence-corrected chi connectivity index (χ4v) is 1.88. The molecule has 0 fully saturated rings. The Morgan fingerprint density at radius 3 is 2.67 bits per heavy atom. The molecule has 86 valence electrons. The largest absolute Gasteiger partial charge is 0.440 e. The zero-order valence-corrected chi connectivity index (χ0v) is 8.86. The summed E-state index contributed by atoms with van der Waals surface area (Å²) in [5, 5.41) is -1.52. The van der Waals surface area contributed by atoms with E-state index in [0.717, 1.165) is 0 Å². The van der Waals surface area contributed by atoms with Gasteiger partial charge in [-0.25, -0.2) is 4.98 Å². The van der Waals surface area contributed by atoms with E-state index in [9.17, 15) is 13.2 Å². The van der Waals surface area contributed by atoms with Gasteiger partial charge in [-0.15, -0.1) is 0 Å². The fraction of sp³-hybridized carbons (Fsp3) is 0.625. The van der Waals surface area contributed by atoms with E-state index in [4.69, 9.17) is 10.2 Å². The molecule has 15 heavy (non-hydrogen) atoms. The molecule has 0 saturated heterocycles. The van der Waals surface area contributed by atoms with Gasteiger partial charge in [0.2, 0.25) is 0 Å². The average Bonchev–Trinajstić information content (AvgIpc) is 2.49. The molecule has 1 heterocycles. The van der Waals surface area contributed by atoms with Crippen LogP contribution in [-0.2, 0) is 0 Å². The Morgan fingerprint density at radius 2 is 2.27 bits per heavy atom. The third-order valence-corrected chi connectivity index (χ3v) is 2.81. The summed E-state index contributed by atoms with van der Waals surface area (Å²) in [6.45, 7) is 1.63. The average molecular weight is 240 g/mol. The molecule has 0 aliphatic rings. The molecule has 1 aromatic heterocycles. The van der Waals surface area contributed by atoms with Gasteiger partial charge < -0.3 is 10.2 Å². The van der Waals surface area contributed by atoms with Gasteiger partial charge >= 0.3 is 6.18 Å². The fourth-order valence-electron chi connectivity index (χ4n) is 0.949. The van der Waals surface area contributed by atoms with Gasteiger partial charge in [0.25, 0.3) is 5.22 Å². The van der Waals surface area contributed by atoms with Crippen molar-refractivity contribution in [2.24, 2.45) is 5.73 Å². The lowest BCUT2D eigenvalue weighted by Crippen LogP contribution is -2.28. The van der Waals surface area contributed by atoms with Crippen molar-refractivity contribution >= 4 is 11.8 Å². The number of aromatic nitrogens is 1. The number of nitrogens with zero attached hydrogens (tertiary/aromatic N) is 1. The van der Waals surface area contributed by atoms with Crippen LogP contribution in [0.15, 0.2) is 15.9 Å². The number of nitrogens with two attached hydrogens (primary N) is 1. The van der Waals surface area contributed by atoms with Crippen LogP contribution in [0.3, 0.4) is 0 Å². The van der Waals surface area contributed by atoms with Crippen molar-refractivity contribution in [2.75, 3.05) is 6.54 Å².